The lowest BCUT2D eigenvalue weighted by Gasteiger charge is -2.55. The molecule has 2 fully saturated rings. The van der Waals surface area contributed by atoms with Gasteiger partial charge in [-0.1, -0.05) is 29.8 Å². The maximum absolute atomic E-state index is 12.9. The third kappa shape index (κ3) is 2.57. The average Bonchev–Trinajstić information content (AvgIpc) is 2.81. The molecule has 1 aromatic rings. The first-order chi connectivity index (χ1) is 9.69. The molecule has 3 unspecified atom stereocenters. The van der Waals surface area contributed by atoms with Gasteiger partial charge in [-0.15, -0.1) is 0 Å². The van der Waals surface area contributed by atoms with Gasteiger partial charge in [-0.3, -0.25) is 0 Å². The van der Waals surface area contributed by atoms with Crippen LogP contribution in [0.25, 0.3) is 0 Å². The van der Waals surface area contributed by atoms with Crippen LogP contribution in [0.5, 0.6) is 0 Å². The summed E-state index contributed by atoms with van der Waals surface area (Å²) in [6, 6.07) is 4.09. The molecule has 6 heteroatoms. The zero-order valence-corrected chi connectivity index (χ0v) is 13.4. The van der Waals surface area contributed by atoms with Gasteiger partial charge in [-0.25, -0.2) is 0 Å². The van der Waals surface area contributed by atoms with E-state index in [4.69, 9.17) is 4.74 Å². The van der Waals surface area contributed by atoms with Crippen molar-refractivity contribution >= 4 is 21.6 Å². The van der Waals surface area contributed by atoms with E-state index < -0.39 is 11.7 Å². The number of fused-ring (bicyclic) bond motifs is 1. The predicted molar refractivity (Wildman–Crippen MR) is 78.2 cm³/mol. The fourth-order valence-corrected chi connectivity index (χ4v) is 4.13. The molecule has 1 aromatic carbocycles. The summed E-state index contributed by atoms with van der Waals surface area (Å²) in [5.41, 5.74) is -0.210. The Morgan fingerprint density at radius 2 is 2.00 bits per heavy atom. The van der Waals surface area contributed by atoms with Crippen LogP contribution < -0.4 is 5.32 Å². The molecule has 1 aliphatic heterocycles. The highest BCUT2D eigenvalue weighted by Crippen LogP contribution is 2.53. The number of alkyl halides is 3. The predicted octanol–water partition coefficient (Wildman–Crippen LogP) is 4.69. The third-order valence-electron chi connectivity index (χ3n) is 4.65. The molecular weight excluding hydrogens is 347 g/mol. The Morgan fingerprint density at radius 3 is 2.67 bits per heavy atom. The molecule has 0 radical (unpaired) electrons. The molecule has 1 saturated heterocycles. The second kappa shape index (κ2) is 4.88. The van der Waals surface area contributed by atoms with E-state index in [0.717, 1.165) is 19.1 Å². The topological polar surface area (TPSA) is 21.3 Å². The lowest BCUT2D eigenvalue weighted by Crippen LogP contribution is -2.63. The quantitative estimate of drug-likeness (QED) is 0.822. The minimum Gasteiger partial charge on any atom is -0.381 e. The molecule has 0 spiro atoms. The summed E-state index contributed by atoms with van der Waals surface area (Å²) in [6.45, 7) is 4.93. The molecule has 3 rings (SSSR count). The molecule has 1 N–H and O–H groups in total. The Balaban J connectivity index is 1.84. The van der Waals surface area contributed by atoms with Gasteiger partial charge < -0.3 is 10.1 Å². The molecule has 2 aliphatic rings. The Morgan fingerprint density at radius 1 is 1.29 bits per heavy atom. The van der Waals surface area contributed by atoms with E-state index in [1.807, 2.05) is 0 Å². The molecule has 3 atom stereocenters. The van der Waals surface area contributed by atoms with Gasteiger partial charge in [0, 0.05) is 34.1 Å². The molecule has 0 amide bonds. The molecule has 21 heavy (non-hydrogen) atoms. The van der Waals surface area contributed by atoms with Crippen molar-refractivity contribution in [2.75, 3.05) is 11.9 Å². The Bertz CT molecular complexity index is 558. The van der Waals surface area contributed by atoms with E-state index in [1.165, 1.54) is 6.07 Å². The highest BCUT2D eigenvalue weighted by Gasteiger charge is 2.59. The average molecular weight is 364 g/mol. The third-order valence-corrected chi connectivity index (χ3v) is 5.11. The number of halogens is 4. The molecule has 1 aliphatic carbocycles. The zero-order chi connectivity index (χ0) is 15.4. The monoisotopic (exact) mass is 363 g/mol. The summed E-state index contributed by atoms with van der Waals surface area (Å²) in [4.78, 5) is 0. The van der Waals surface area contributed by atoms with Crippen LogP contribution in [-0.4, -0.2) is 18.8 Å². The van der Waals surface area contributed by atoms with Crippen molar-refractivity contribution in [2.45, 2.75) is 38.6 Å². The highest BCUT2D eigenvalue weighted by atomic mass is 79.9. The van der Waals surface area contributed by atoms with Crippen molar-refractivity contribution in [3.05, 3.63) is 28.2 Å². The number of hydrogen-bond acceptors (Lipinski definition) is 2. The summed E-state index contributed by atoms with van der Waals surface area (Å²) in [5.74, 6) is 0.383. The fraction of sp³-hybridized carbons (Fsp3) is 0.600. The van der Waals surface area contributed by atoms with Gasteiger partial charge in [-0.2, -0.15) is 13.2 Å². The largest absolute Gasteiger partial charge is 0.416 e. The first-order valence-electron chi connectivity index (χ1n) is 6.95. The first kappa shape index (κ1) is 15.2. The van der Waals surface area contributed by atoms with E-state index in [1.54, 1.807) is 6.07 Å². The molecular formula is C15H17BrF3NO. The van der Waals surface area contributed by atoms with Gasteiger partial charge in [0.15, 0.2) is 0 Å². The van der Waals surface area contributed by atoms with Crippen LogP contribution in [-0.2, 0) is 10.9 Å². The van der Waals surface area contributed by atoms with Crippen LogP contribution in [0, 0.1) is 11.3 Å². The first-order valence-corrected chi connectivity index (χ1v) is 7.75. The SMILES string of the molecule is CC1(C)C(Nc2cc(Br)cc(C(F)(F)F)c2)C2CCOC21. The number of nitrogens with one attached hydrogen (secondary N) is 1. The van der Waals surface area contributed by atoms with Gasteiger partial charge in [0.2, 0.25) is 0 Å². The fourth-order valence-electron chi connectivity index (χ4n) is 3.63. The zero-order valence-electron chi connectivity index (χ0n) is 11.8. The Labute approximate surface area is 130 Å². The minimum absolute atomic E-state index is 0.0676. The summed E-state index contributed by atoms with van der Waals surface area (Å²) < 4.78 is 44.8. The van der Waals surface area contributed by atoms with E-state index in [2.05, 4.69) is 35.1 Å². The maximum Gasteiger partial charge on any atom is 0.416 e. The second-order valence-electron chi connectivity index (χ2n) is 6.41. The number of ether oxygens (including phenoxy) is 1. The van der Waals surface area contributed by atoms with Crippen LogP contribution in [0.4, 0.5) is 18.9 Å². The number of anilines is 1. The standard InChI is InChI=1S/C15H17BrF3NO/c1-14(2)12(11-3-4-21-13(11)14)20-10-6-8(15(17,18)19)5-9(16)7-10/h5-7,11-13,20H,3-4H2,1-2H3. The van der Waals surface area contributed by atoms with Crippen LogP contribution >= 0.6 is 15.9 Å². The van der Waals surface area contributed by atoms with Crippen LogP contribution in [0.2, 0.25) is 0 Å². The van der Waals surface area contributed by atoms with Crippen molar-refractivity contribution in [3.8, 4) is 0 Å². The van der Waals surface area contributed by atoms with Gasteiger partial charge in [0.25, 0.3) is 0 Å². The van der Waals surface area contributed by atoms with Gasteiger partial charge in [-0.05, 0) is 24.6 Å². The van der Waals surface area contributed by atoms with Crippen molar-refractivity contribution < 1.29 is 17.9 Å². The van der Waals surface area contributed by atoms with Gasteiger partial charge in [0.1, 0.15) is 0 Å². The minimum atomic E-state index is -4.34. The molecule has 0 bridgehead atoms. The van der Waals surface area contributed by atoms with E-state index in [-0.39, 0.29) is 17.6 Å². The Kier molecular flexibility index (Phi) is 3.52. The van der Waals surface area contributed by atoms with Gasteiger partial charge in [0.05, 0.1) is 11.7 Å². The van der Waals surface area contributed by atoms with Crippen molar-refractivity contribution in [2.24, 2.45) is 11.3 Å². The summed E-state index contributed by atoms with van der Waals surface area (Å²) in [5, 5.41) is 3.28. The maximum atomic E-state index is 12.9. The molecule has 116 valence electrons. The Hall–Kier alpha value is -0.750. The van der Waals surface area contributed by atoms with Crippen molar-refractivity contribution in [3.63, 3.8) is 0 Å². The van der Waals surface area contributed by atoms with Gasteiger partial charge >= 0.3 is 6.18 Å². The van der Waals surface area contributed by atoms with Crippen molar-refractivity contribution in [1.29, 1.82) is 0 Å². The molecule has 1 heterocycles. The van der Waals surface area contributed by atoms with E-state index in [0.29, 0.717) is 16.1 Å². The number of benzene rings is 1. The highest BCUT2D eigenvalue weighted by molar-refractivity contribution is 9.10. The van der Waals surface area contributed by atoms with Crippen molar-refractivity contribution in [1.82, 2.24) is 0 Å². The summed E-state index contributed by atoms with van der Waals surface area (Å²) in [6.07, 6.45) is -3.16. The number of rotatable bonds is 2. The molecule has 2 nitrogen and oxygen atoms in total. The lowest BCUT2D eigenvalue weighted by molar-refractivity contribution is -0.137. The van der Waals surface area contributed by atoms with E-state index >= 15 is 0 Å². The summed E-state index contributed by atoms with van der Waals surface area (Å²) in [7, 11) is 0. The molecule has 0 aromatic heterocycles. The second-order valence-corrected chi connectivity index (χ2v) is 7.33. The molecule has 1 saturated carbocycles. The van der Waals surface area contributed by atoms with Crippen LogP contribution in [0.1, 0.15) is 25.8 Å². The van der Waals surface area contributed by atoms with Crippen LogP contribution in [0.15, 0.2) is 22.7 Å². The van der Waals surface area contributed by atoms with Crippen LogP contribution in [0.3, 0.4) is 0 Å². The smallest absolute Gasteiger partial charge is 0.381 e. The van der Waals surface area contributed by atoms with E-state index in [9.17, 15) is 13.2 Å². The number of hydrogen-bond donors (Lipinski definition) is 1. The summed E-state index contributed by atoms with van der Waals surface area (Å²) >= 11 is 3.16. The lowest BCUT2D eigenvalue weighted by atomic mass is 9.57. The normalized spacial score (nSPS) is 30.7.